The molecule has 3 aromatic rings. The van der Waals surface area contributed by atoms with Crippen LogP contribution in [0.2, 0.25) is 0 Å². The van der Waals surface area contributed by atoms with Crippen LogP contribution in [0.25, 0.3) is 5.76 Å². The lowest BCUT2D eigenvalue weighted by atomic mass is 9.95. The fraction of sp³-hybridized carbons (Fsp3) is 0.286. The third-order valence-corrected chi connectivity index (χ3v) is 7.57. The number of thiazole rings is 1. The highest BCUT2D eigenvalue weighted by Gasteiger charge is 2.48. The Morgan fingerprint density at radius 1 is 1.07 bits per heavy atom. The lowest BCUT2D eigenvalue weighted by Crippen LogP contribution is -2.29. The van der Waals surface area contributed by atoms with Gasteiger partial charge in [0.05, 0.1) is 38.1 Å². The molecule has 2 aliphatic heterocycles. The minimum absolute atomic E-state index is 0.101. The van der Waals surface area contributed by atoms with E-state index in [0.717, 1.165) is 11.3 Å². The fourth-order valence-corrected chi connectivity index (χ4v) is 5.57. The van der Waals surface area contributed by atoms with E-state index in [2.05, 4.69) is 4.98 Å². The van der Waals surface area contributed by atoms with Gasteiger partial charge in [0.1, 0.15) is 23.9 Å². The number of nitrogens with zero attached hydrogens (tertiary/aromatic N) is 2. The lowest BCUT2D eigenvalue weighted by molar-refractivity contribution is -0.132. The molecule has 12 heteroatoms. The first kappa shape index (κ1) is 27.0. The summed E-state index contributed by atoms with van der Waals surface area (Å²) in [4.78, 5) is 45.4. The molecule has 2 aromatic carbocycles. The van der Waals surface area contributed by atoms with Crippen molar-refractivity contribution in [3.8, 4) is 23.0 Å². The van der Waals surface area contributed by atoms with Crippen molar-refractivity contribution in [1.29, 1.82) is 0 Å². The van der Waals surface area contributed by atoms with Crippen molar-refractivity contribution < 1.29 is 43.2 Å². The molecular weight excluding hydrogens is 540 g/mol. The number of methoxy groups -OCH3 is 2. The first-order chi connectivity index (χ1) is 19.3. The maximum atomic E-state index is 13.5. The highest BCUT2D eigenvalue weighted by Crippen LogP contribution is 2.46. The van der Waals surface area contributed by atoms with Crippen molar-refractivity contribution in [3.05, 3.63) is 63.7 Å². The van der Waals surface area contributed by atoms with Gasteiger partial charge in [0.15, 0.2) is 28.1 Å². The quantitative estimate of drug-likeness (QED) is 0.193. The van der Waals surface area contributed by atoms with Gasteiger partial charge in [-0.15, -0.1) is 0 Å². The van der Waals surface area contributed by atoms with Crippen LogP contribution >= 0.6 is 11.3 Å². The van der Waals surface area contributed by atoms with Crippen LogP contribution in [0.1, 0.15) is 39.5 Å². The molecule has 0 spiro atoms. The maximum absolute atomic E-state index is 13.5. The molecule has 1 amide bonds. The molecular formula is C28H26N2O9S. The summed E-state index contributed by atoms with van der Waals surface area (Å²) >= 11 is 0.925. The van der Waals surface area contributed by atoms with Crippen molar-refractivity contribution in [1.82, 2.24) is 4.98 Å². The number of anilines is 1. The topological polar surface area (TPSA) is 134 Å². The van der Waals surface area contributed by atoms with E-state index < -0.39 is 29.5 Å². The number of ketones is 1. The molecule has 1 N–H and O–H groups in total. The summed E-state index contributed by atoms with van der Waals surface area (Å²) in [6, 6.07) is 8.56. The zero-order valence-corrected chi connectivity index (χ0v) is 23.0. The highest BCUT2D eigenvalue weighted by atomic mass is 32.1. The van der Waals surface area contributed by atoms with E-state index in [-0.39, 0.29) is 27.8 Å². The molecule has 1 aromatic heterocycles. The van der Waals surface area contributed by atoms with Gasteiger partial charge >= 0.3 is 11.9 Å². The van der Waals surface area contributed by atoms with Gasteiger partial charge in [-0.2, -0.15) is 0 Å². The highest BCUT2D eigenvalue weighted by molar-refractivity contribution is 7.17. The van der Waals surface area contributed by atoms with Gasteiger partial charge in [0.2, 0.25) is 0 Å². The number of aliphatic hydroxyl groups excluding tert-OH is 1. The third-order valence-electron chi connectivity index (χ3n) is 6.44. The van der Waals surface area contributed by atoms with Crippen LogP contribution in [0, 0.1) is 6.92 Å². The predicted molar refractivity (Wildman–Crippen MR) is 145 cm³/mol. The van der Waals surface area contributed by atoms with Crippen LogP contribution < -0.4 is 23.8 Å². The Labute approximate surface area is 233 Å². The van der Waals surface area contributed by atoms with E-state index in [9.17, 15) is 19.5 Å². The Morgan fingerprint density at radius 2 is 1.80 bits per heavy atom. The first-order valence-corrected chi connectivity index (χ1v) is 13.2. The van der Waals surface area contributed by atoms with Crippen LogP contribution in [-0.2, 0) is 14.3 Å². The number of Topliss-reactive ketones (excluding diaryl/α,β-unsaturated/α-hetero) is 1. The molecule has 0 bridgehead atoms. The molecule has 5 rings (SSSR count). The van der Waals surface area contributed by atoms with Gasteiger partial charge in [-0.1, -0.05) is 17.4 Å². The van der Waals surface area contributed by atoms with Crippen LogP contribution in [0.4, 0.5) is 5.13 Å². The number of aliphatic hydroxyl groups is 1. The Balaban J connectivity index is 1.70. The Bertz CT molecular complexity index is 1540. The second kappa shape index (κ2) is 10.9. The SMILES string of the molecule is CCOC(=O)c1sc(N2C(=O)C(=O)/C(=C(\O)c3ccc4c(c3)OCCO4)C2c2ccc(OC)c(OC)c2)nc1C. The summed E-state index contributed by atoms with van der Waals surface area (Å²) < 4.78 is 27.1. The second-order valence-corrected chi connectivity index (χ2v) is 9.75. The van der Waals surface area contributed by atoms with Crippen LogP contribution in [0.3, 0.4) is 0 Å². The number of esters is 1. The molecule has 0 aliphatic carbocycles. The van der Waals surface area contributed by atoms with Gasteiger partial charge in [0, 0.05) is 5.56 Å². The number of fused-ring (bicyclic) bond motifs is 1. The summed E-state index contributed by atoms with van der Waals surface area (Å²) in [6.45, 7) is 4.19. The standard InChI is InChI=1S/C28H26N2O9S/c1-5-37-27(34)25-14(2)29-28(40-25)30-22(15-6-8-17(35-3)19(12-15)36-4)21(24(32)26(30)33)23(31)16-7-9-18-20(13-16)39-11-10-38-18/h6-9,12-13,22,31H,5,10-11H2,1-4H3/b23-21-. The molecule has 1 fully saturated rings. The molecule has 208 valence electrons. The minimum Gasteiger partial charge on any atom is -0.507 e. The molecule has 1 saturated heterocycles. The first-order valence-electron chi connectivity index (χ1n) is 12.4. The summed E-state index contributed by atoms with van der Waals surface area (Å²) in [7, 11) is 2.95. The Kier molecular flexibility index (Phi) is 7.35. The van der Waals surface area contributed by atoms with Crippen LogP contribution in [0.15, 0.2) is 42.0 Å². The van der Waals surface area contributed by atoms with Gasteiger partial charge in [-0.3, -0.25) is 14.5 Å². The zero-order valence-electron chi connectivity index (χ0n) is 22.2. The molecule has 0 radical (unpaired) electrons. The minimum atomic E-state index is -1.10. The number of carbonyl (C=O) groups is 3. The molecule has 40 heavy (non-hydrogen) atoms. The smallest absolute Gasteiger partial charge is 0.350 e. The number of benzene rings is 2. The molecule has 1 unspecified atom stereocenters. The average molecular weight is 567 g/mol. The van der Waals surface area contributed by atoms with Gasteiger partial charge in [-0.05, 0) is 49.7 Å². The average Bonchev–Trinajstić information content (AvgIpc) is 3.48. The van der Waals surface area contributed by atoms with Gasteiger partial charge < -0.3 is 28.8 Å². The van der Waals surface area contributed by atoms with E-state index in [0.29, 0.717) is 47.5 Å². The number of aromatic nitrogens is 1. The molecule has 2 aliphatic rings. The Morgan fingerprint density at radius 3 is 2.50 bits per heavy atom. The molecule has 11 nitrogen and oxygen atoms in total. The predicted octanol–water partition coefficient (Wildman–Crippen LogP) is 4.04. The number of hydrogen-bond donors (Lipinski definition) is 1. The van der Waals surface area contributed by atoms with Gasteiger partial charge in [0.25, 0.3) is 5.78 Å². The summed E-state index contributed by atoms with van der Waals surface area (Å²) in [5.41, 5.74) is 0.884. The second-order valence-electron chi connectivity index (χ2n) is 8.77. The largest absolute Gasteiger partial charge is 0.507 e. The molecule has 3 heterocycles. The number of carbonyl (C=O) groups excluding carboxylic acids is 3. The number of ether oxygens (including phenoxy) is 5. The van der Waals surface area contributed by atoms with E-state index >= 15 is 0 Å². The maximum Gasteiger partial charge on any atom is 0.350 e. The van der Waals surface area contributed by atoms with Crippen molar-refractivity contribution in [3.63, 3.8) is 0 Å². The fourth-order valence-electron chi connectivity index (χ4n) is 4.59. The summed E-state index contributed by atoms with van der Waals surface area (Å²) in [5.74, 6) is -1.13. The number of hydrogen-bond acceptors (Lipinski definition) is 11. The molecule has 1 atom stereocenters. The van der Waals surface area contributed by atoms with Crippen molar-refractivity contribution in [2.75, 3.05) is 38.9 Å². The summed E-state index contributed by atoms with van der Waals surface area (Å²) in [6.07, 6.45) is 0. The van der Waals surface area contributed by atoms with Crippen molar-refractivity contribution in [2.45, 2.75) is 19.9 Å². The monoisotopic (exact) mass is 566 g/mol. The van der Waals surface area contributed by atoms with E-state index in [1.54, 1.807) is 50.2 Å². The molecule has 0 saturated carbocycles. The van der Waals surface area contributed by atoms with Crippen LogP contribution in [-0.4, -0.2) is 61.8 Å². The van der Waals surface area contributed by atoms with E-state index in [4.69, 9.17) is 23.7 Å². The van der Waals surface area contributed by atoms with E-state index in [1.807, 2.05) is 0 Å². The van der Waals surface area contributed by atoms with Crippen molar-refractivity contribution in [2.24, 2.45) is 0 Å². The zero-order chi connectivity index (χ0) is 28.6. The lowest BCUT2D eigenvalue weighted by Gasteiger charge is -2.24. The van der Waals surface area contributed by atoms with Gasteiger partial charge in [-0.25, -0.2) is 9.78 Å². The number of rotatable bonds is 7. The number of aryl methyl sites for hydroxylation is 1. The van der Waals surface area contributed by atoms with Crippen LogP contribution in [0.5, 0.6) is 23.0 Å². The summed E-state index contributed by atoms with van der Waals surface area (Å²) in [5, 5.41) is 11.6. The third kappa shape index (κ3) is 4.60. The number of amides is 1. The van der Waals surface area contributed by atoms with E-state index in [1.165, 1.54) is 19.1 Å². The Hall–Kier alpha value is -4.58. The van der Waals surface area contributed by atoms with Crippen molar-refractivity contribution >= 4 is 39.9 Å². The normalized spacial score (nSPS) is 17.6.